The molecule has 7 N–H and O–H groups in total. The van der Waals surface area contributed by atoms with Crippen LogP contribution in [0.15, 0.2) is 201 Å². The normalized spacial score (nSPS) is 17.2. The fourth-order valence-electron chi connectivity index (χ4n) is 15.2. The van der Waals surface area contributed by atoms with Gasteiger partial charge in [0.05, 0.1) is 92.0 Å². The number of carbonyl (C=O) groups excluding carboxylic acids is 7. The van der Waals surface area contributed by atoms with Crippen molar-refractivity contribution in [3.63, 3.8) is 0 Å². The zero-order valence-corrected chi connectivity index (χ0v) is 66.1. The van der Waals surface area contributed by atoms with Gasteiger partial charge in [0, 0.05) is 108 Å². The van der Waals surface area contributed by atoms with Crippen LogP contribution in [0.5, 0.6) is 5.75 Å². The van der Waals surface area contributed by atoms with Gasteiger partial charge in [-0.3, -0.25) is 43.4 Å². The van der Waals surface area contributed by atoms with E-state index in [1.54, 1.807) is 66.3 Å². The lowest BCUT2D eigenvalue weighted by Crippen LogP contribution is -2.58. The number of primary amides is 1. The number of aliphatic hydroxyl groups excluding tert-OH is 1. The molecule has 1 aliphatic carbocycles. The fourth-order valence-corrected chi connectivity index (χ4v) is 17.3. The lowest BCUT2D eigenvalue weighted by atomic mass is 9.87. The predicted octanol–water partition coefficient (Wildman–Crippen LogP) is 9.01. The monoisotopic (exact) mass is 1590 g/mol. The highest BCUT2D eigenvalue weighted by molar-refractivity contribution is 8.08. The fraction of sp³-hybridized carbons (Fsp3) is 0.356. The summed E-state index contributed by atoms with van der Waals surface area (Å²) in [7, 11) is 3.23. The molecule has 4 aliphatic heterocycles. The topological polar surface area (TPSA) is 319 Å². The maximum Gasteiger partial charge on any atom is 0.332 e. The van der Waals surface area contributed by atoms with E-state index in [1.165, 1.54) is 40.4 Å². The summed E-state index contributed by atoms with van der Waals surface area (Å²) < 4.78 is 25.7. The zero-order valence-electron chi connectivity index (χ0n) is 64.4. The van der Waals surface area contributed by atoms with Crippen molar-refractivity contribution in [3.05, 3.63) is 219 Å². The summed E-state index contributed by atoms with van der Waals surface area (Å²) >= 11 is 2.48. The number of methoxy groups -OCH3 is 1. The first-order valence-electron chi connectivity index (χ1n) is 38.9. The molecule has 4 fully saturated rings. The number of aliphatic hydroxyl groups is 1. The predicted molar refractivity (Wildman–Crippen MR) is 439 cm³/mol. The number of aromatic nitrogens is 4. The van der Waals surface area contributed by atoms with Gasteiger partial charge < -0.3 is 65.1 Å². The standard InChI is InChI=1S/C87H93N13O13S2/c1-86(37-44-96(45-38-86)61-33-41-97(42-34-61)84-92-69-30-27-59(68-54-95(2)81(106)75-65(68)32-40-89-75)53-66(69)78(94-84)87(55-101,113-62-28-29-62)60-20-10-5-11-21-60)91-39-16-19-58-26-31-71(110-3)70(52-58)98-43-35-73(103)100(85(98)109)56-90-80(105)67(51-57-17-8-4-9-18-57)74(79(88)104)93-72(102)36-47-111-49-50-112-48-46-99-82(107)76(114-63-22-12-6-13-23-63)77(83(99)108)115-64-24-14-7-15-25-64/h4-15,17-18,20-27,30-32,40,52-54,61-62,67,74,89,91,101H,28-29,33-39,41-51,55-56H2,1-3H3,(H2,88,104)(H,90,105)(H,93,102)/t67-,74?,87-/m0/s1. The maximum atomic E-state index is 14.5. The molecule has 3 saturated heterocycles. The van der Waals surface area contributed by atoms with Gasteiger partial charge in [-0.05, 0) is 129 Å². The van der Waals surface area contributed by atoms with Crippen LogP contribution < -0.4 is 41.8 Å². The number of nitrogens with two attached hydrogens (primary N) is 1. The molecule has 596 valence electrons. The number of amides is 8. The van der Waals surface area contributed by atoms with E-state index in [4.69, 9.17) is 34.6 Å². The van der Waals surface area contributed by atoms with Crippen LogP contribution in [0.25, 0.3) is 32.9 Å². The SMILES string of the molecule is COc1ccc(C#CCNC2(C)CCN(C3CCN(c4nc([C@@](CO)(OC5CC5)c5ccccc5)c5cc(-c6cn(C)c(=O)c7[nH]ccc67)ccc5n4)CC3)CC2)cc1N1CCC(=O)N(CNC(=O)[C@@H](Cc2ccccc2)C(NC(=O)CCOCCOCCN2C(=O)C(Sc3ccccc3)=C(Sc3ccccc3)C2=O)C(N)=O)C1=O. The Labute approximate surface area is 674 Å². The third-order valence-electron chi connectivity index (χ3n) is 21.8. The molecule has 8 amide bonds. The lowest BCUT2D eigenvalue weighted by Gasteiger charge is -2.45. The van der Waals surface area contributed by atoms with E-state index < -0.39 is 65.7 Å². The summed E-state index contributed by atoms with van der Waals surface area (Å²) in [4.78, 5) is 134. The van der Waals surface area contributed by atoms with E-state index in [2.05, 4.69) is 55.6 Å². The van der Waals surface area contributed by atoms with Crippen molar-refractivity contribution < 1.29 is 57.6 Å². The van der Waals surface area contributed by atoms with E-state index in [9.17, 15) is 43.5 Å². The number of nitrogens with one attached hydrogen (secondary N) is 4. The summed E-state index contributed by atoms with van der Waals surface area (Å²) in [6.45, 7) is 5.10. The molecule has 6 aromatic carbocycles. The Balaban J connectivity index is 0.554. The molecular formula is C87H93N13O13S2. The third-order valence-corrected chi connectivity index (χ3v) is 24.1. The first-order valence-corrected chi connectivity index (χ1v) is 40.5. The number of likely N-dealkylation sites (tertiary alicyclic amines) is 1. The number of H-pyrrole nitrogens is 1. The van der Waals surface area contributed by atoms with Crippen molar-refractivity contribution in [1.82, 2.24) is 50.2 Å². The molecule has 5 aliphatic rings. The number of imide groups is 2. The van der Waals surface area contributed by atoms with Gasteiger partial charge in [-0.15, -0.1) is 0 Å². The molecule has 7 heterocycles. The number of aromatic amines is 1. The van der Waals surface area contributed by atoms with Gasteiger partial charge in [-0.1, -0.05) is 138 Å². The van der Waals surface area contributed by atoms with Crippen molar-refractivity contribution in [2.24, 2.45) is 18.7 Å². The molecule has 0 spiro atoms. The summed E-state index contributed by atoms with van der Waals surface area (Å²) in [6, 6.07) is 48.8. The smallest absolute Gasteiger partial charge is 0.332 e. The van der Waals surface area contributed by atoms with Crippen molar-refractivity contribution in [2.45, 2.75) is 104 Å². The van der Waals surface area contributed by atoms with E-state index in [0.717, 1.165) is 112 Å². The minimum absolute atomic E-state index is 0.00277. The van der Waals surface area contributed by atoms with E-state index in [0.29, 0.717) is 62.1 Å². The Bertz CT molecular complexity index is 5150. The number of piperidine rings is 2. The number of ether oxygens (including phenoxy) is 4. The van der Waals surface area contributed by atoms with Crippen LogP contribution in [0.3, 0.4) is 0 Å². The Morgan fingerprint density at radius 2 is 1.41 bits per heavy atom. The number of hydrogen-bond donors (Lipinski definition) is 6. The summed E-state index contributed by atoms with van der Waals surface area (Å²) in [5.41, 5.74) is 10.4. The number of aryl methyl sites for hydroxylation is 1. The molecule has 1 saturated carbocycles. The average Bonchev–Trinajstić information content (AvgIpc) is 1.67. The van der Waals surface area contributed by atoms with Crippen LogP contribution in [0.2, 0.25) is 0 Å². The van der Waals surface area contributed by atoms with Gasteiger partial charge in [0.15, 0.2) is 5.60 Å². The van der Waals surface area contributed by atoms with Gasteiger partial charge in [0.1, 0.15) is 24.0 Å². The Morgan fingerprint density at radius 1 is 0.748 bits per heavy atom. The molecule has 0 radical (unpaired) electrons. The largest absolute Gasteiger partial charge is 0.495 e. The van der Waals surface area contributed by atoms with E-state index in [1.807, 2.05) is 115 Å². The Kier molecular flexibility index (Phi) is 25.7. The molecule has 28 heteroatoms. The van der Waals surface area contributed by atoms with Crippen LogP contribution in [-0.4, -0.2) is 197 Å². The van der Waals surface area contributed by atoms with Crippen LogP contribution in [0, 0.1) is 17.8 Å². The molecule has 14 rings (SSSR count). The van der Waals surface area contributed by atoms with Crippen molar-refractivity contribution in [1.29, 1.82) is 0 Å². The van der Waals surface area contributed by atoms with Crippen molar-refractivity contribution >= 4 is 98.4 Å². The Hall–Kier alpha value is -11.0. The number of nitrogens with zero attached hydrogens (tertiary/aromatic N) is 8. The van der Waals surface area contributed by atoms with Crippen LogP contribution in [0.1, 0.15) is 80.7 Å². The first kappa shape index (κ1) is 80.6. The quantitative estimate of drug-likeness (QED) is 0.0127. The number of thioether (sulfide) groups is 2. The van der Waals surface area contributed by atoms with Crippen LogP contribution in [-0.2, 0) is 62.0 Å². The molecule has 1 unspecified atom stereocenters. The zero-order chi connectivity index (χ0) is 80.2. The molecule has 115 heavy (non-hydrogen) atoms. The first-order chi connectivity index (χ1) is 55.9. The number of rotatable bonds is 33. The number of fused-ring (bicyclic) bond motifs is 2. The molecular weight excluding hydrogens is 1500 g/mol. The van der Waals surface area contributed by atoms with E-state index in [-0.39, 0.29) is 82.6 Å². The lowest BCUT2D eigenvalue weighted by molar-refractivity contribution is -0.138. The second kappa shape index (κ2) is 36.6. The number of pyridine rings is 1. The number of urea groups is 1. The molecule has 26 nitrogen and oxygen atoms in total. The van der Waals surface area contributed by atoms with Gasteiger partial charge in [0.25, 0.3) is 17.4 Å². The van der Waals surface area contributed by atoms with Crippen molar-refractivity contribution in [3.8, 4) is 28.7 Å². The third kappa shape index (κ3) is 18.7. The number of carbonyl (C=O) groups is 7. The summed E-state index contributed by atoms with van der Waals surface area (Å²) in [5.74, 6) is 2.46. The molecule has 3 atom stereocenters. The van der Waals surface area contributed by atoms with Crippen LogP contribution in [0.4, 0.5) is 16.4 Å². The molecule has 0 bridgehead atoms. The van der Waals surface area contributed by atoms with E-state index >= 15 is 0 Å². The molecule has 3 aromatic heterocycles. The van der Waals surface area contributed by atoms with Gasteiger partial charge in [-0.2, -0.15) is 0 Å². The highest BCUT2D eigenvalue weighted by atomic mass is 32.2. The number of anilines is 2. The minimum atomic E-state index is -1.52. The highest BCUT2D eigenvalue weighted by Gasteiger charge is 2.46. The summed E-state index contributed by atoms with van der Waals surface area (Å²) in [5, 5.41) is 22.2. The Morgan fingerprint density at radius 3 is 2.06 bits per heavy atom. The maximum absolute atomic E-state index is 14.5. The number of hydrogen-bond acceptors (Lipinski definition) is 20. The van der Waals surface area contributed by atoms with Crippen LogP contribution >= 0.6 is 23.5 Å². The second-order valence-corrected chi connectivity index (χ2v) is 31.7. The van der Waals surface area contributed by atoms with Gasteiger partial charge >= 0.3 is 6.03 Å². The minimum Gasteiger partial charge on any atom is -0.495 e. The second-order valence-electron chi connectivity index (χ2n) is 29.5. The summed E-state index contributed by atoms with van der Waals surface area (Å²) in [6.07, 6.45) is 8.65. The van der Waals surface area contributed by atoms with Gasteiger partial charge in [0.2, 0.25) is 29.6 Å². The highest BCUT2D eigenvalue weighted by Crippen LogP contribution is 2.45. The number of benzene rings is 6. The molecule has 9 aromatic rings. The van der Waals surface area contributed by atoms with Crippen molar-refractivity contribution in [2.75, 3.05) is 102 Å². The van der Waals surface area contributed by atoms with Gasteiger partial charge in [-0.25, -0.2) is 19.7 Å². The average molecular weight is 1590 g/mol.